The zero-order valence-electron chi connectivity index (χ0n) is 12.6. The van der Waals surface area contributed by atoms with E-state index in [1.54, 1.807) is 22.8 Å². The van der Waals surface area contributed by atoms with Crippen LogP contribution in [-0.2, 0) is 0 Å². The number of para-hydroxylation sites is 1. The molecule has 0 unspecified atom stereocenters. The third kappa shape index (κ3) is 2.08. The average Bonchev–Trinajstić information content (AvgIpc) is 2.93. The van der Waals surface area contributed by atoms with Gasteiger partial charge in [0.25, 0.3) is 5.56 Å². The Morgan fingerprint density at radius 1 is 1.21 bits per heavy atom. The van der Waals surface area contributed by atoms with Gasteiger partial charge in [-0.3, -0.25) is 9.36 Å². The monoisotopic (exact) mass is 402 g/mol. The number of nitrogens with zero attached hydrogens (tertiary/aromatic N) is 1. The molecule has 120 valence electrons. The Labute approximate surface area is 150 Å². The third-order valence-electron chi connectivity index (χ3n) is 4.08. The fourth-order valence-corrected chi connectivity index (χ4v) is 3.45. The second kappa shape index (κ2) is 5.40. The van der Waals surface area contributed by atoms with E-state index in [-0.39, 0.29) is 15.7 Å². The first-order valence-corrected chi connectivity index (χ1v) is 8.44. The summed E-state index contributed by atoms with van der Waals surface area (Å²) in [5, 5.41) is 1.31. The highest BCUT2D eigenvalue weighted by molar-refractivity contribution is 9.10. The molecule has 0 aliphatic carbocycles. The molecule has 4 nitrogen and oxygen atoms in total. The summed E-state index contributed by atoms with van der Waals surface area (Å²) in [7, 11) is 0. The molecule has 6 heteroatoms. The molecule has 0 spiro atoms. The predicted octanol–water partition coefficient (Wildman–Crippen LogP) is 5.04. The van der Waals surface area contributed by atoms with Crippen LogP contribution in [0, 0.1) is 6.92 Å². The highest BCUT2D eigenvalue weighted by atomic mass is 79.9. The van der Waals surface area contributed by atoms with Gasteiger partial charge in [-0.1, -0.05) is 29.8 Å². The number of rotatable bonds is 1. The molecule has 0 aliphatic rings. The number of aryl methyl sites for hydroxylation is 1. The van der Waals surface area contributed by atoms with E-state index in [0.29, 0.717) is 21.7 Å². The number of hydrogen-bond acceptors (Lipinski definition) is 3. The first kappa shape index (κ1) is 15.3. The number of hydrogen-bond donors (Lipinski definition) is 1. The van der Waals surface area contributed by atoms with Gasteiger partial charge in [0.15, 0.2) is 5.58 Å². The summed E-state index contributed by atoms with van der Waals surface area (Å²) in [5.41, 5.74) is 9.61. The fourth-order valence-electron chi connectivity index (χ4n) is 2.92. The second-order valence-electron chi connectivity index (χ2n) is 5.57. The lowest BCUT2D eigenvalue weighted by Gasteiger charge is -2.12. The molecular formula is C18H12BrClN2O2. The number of aromatic nitrogens is 1. The second-order valence-corrected chi connectivity index (χ2v) is 6.80. The molecule has 24 heavy (non-hydrogen) atoms. The Morgan fingerprint density at radius 2 is 1.96 bits per heavy atom. The van der Waals surface area contributed by atoms with Crippen LogP contribution in [0.5, 0.6) is 0 Å². The summed E-state index contributed by atoms with van der Waals surface area (Å²) < 4.78 is 7.80. The number of fused-ring (bicyclic) bond motifs is 3. The molecular weight excluding hydrogens is 392 g/mol. The summed E-state index contributed by atoms with van der Waals surface area (Å²) in [6.07, 6.45) is 0. The van der Waals surface area contributed by atoms with Crippen LogP contribution in [0.3, 0.4) is 0 Å². The maximum atomic E-state index is 12.9. The first-order chi connectivity index (χ1) is 11.5. The zero-order chi connectivity index (χ0) is 17.0. The average molecular weight is 404 g/mol. The predicted molar refractivity (Wildman–Crippen MR) is 101 cm³/mol. The number of nitrogens with two attached hydrogens (primary N) is 1. The Hall–Kier alpha value is -2.24. The number of halogens is 2. The Balaban J connectivity index is 2.32. The van der Waals surface area contributed by atoms with Gasteiger partial charge in [-0.25, -0.2) is 0 Å². The van der Waals surface area contributed by atoms with Crippen molar-refractivity contribution in [3.05, 3.63) is 67.9 Å². The van der Waals surface area contributed by atoms with E-state index in [1.165, 1.54) is 0 Å². The quantitative estimate of drug-likeness (QED) is 0.484. The molecule has 4 rings (SSSR count). The Kier molecular flexibility index (Phi) is 3.44. The molecule has 2 N–H and O–H groups in total. The van der Waals surface area contributed by atoms with E-state index < -0.39 is 0 Å². The molecule has 0 saturated heterocycles. The Morgan fingerprint density at radius 3 is 2.71 bits per heavy atom. The minimum absolute atomic E-state index is 0.239. The van der Waals surface area contributed by atoms with Gasteiger partial charge in [-0.2, -0.15) is 0 Å². The summed E-state index contributed by atoms with van der Waals surface area (Å²) in [6, 6.07) is 13.0. The number of benzene rings is 2. The van der Waals surface area contributed by atoms with Crippen LogP contribution in [0.4, 0.5) is 5.69 Å². The van der Waals surface area contributed by atoms with Gasteiger partial charge in [0.2, 0.25) is 0 Å². The van der Waals surface area contributed by atoms with Crippen molar-refractivity contribution in [2.45, 2.75) is 6.92 Å². The molecule has 0 saturated carbocycles. The van der Waals surface area contributed by atoms with Gasteiger partial charge >= 0.3 is 0 Å². The minimum atomic E-state index is -0.239. The van der Waals surface area contributed by atoms with Crippen molar-refractivity contribution < 1.29 is 4.42 Å². The molecule has 0 atom stereocenters. The smallest absolute Gasteiger partial charge is 0.272 e. The van der Waals surface area contributed by atoms with Crippen LogP contribution < -0.4 is 11.3 Å². The van der Waals surface area contributed by atoms with Gasteiger partial charge in [0, 0.05) is 10.4 Å². The number of pyridine rings is 1. The number of anilines is 1. The van der Waals surface area contributed by atoms with Crippen molar-refractivity contribution in [2.75, 3.05) is 5.73 Å². The van der Waals surface area contributed by atoms with Crippen molar-refractivity contribution in [1.82, 2.24) is 4.57 Å². The van der Waals surface area contributed by atoms with Crippen molar-refractivity contribution >= 4 is 55.3 Å². The van der Waals surface area contributed by atoms with E-state index in [2.05, 4.69) is 15.9 Å². The SMILES string of the molecule is Cc1ccccc1-n1c(=O)c(Br)c(N)c2oc3ccc(Cl)cc3c21. The summed E-state index contributed by atoms with van der Waals surface area (Å²) in [4.78, 5) is 12.9. The first-order valence-electron chi connectivity index (χ1n) is 7.27. The van der Waals surface area contributed by atoms with E-state index in [9.17, 15) is 4.79 Å². The molecule has 0 fully saturated rings. The van der Waals surface area contributed by atoms with Crippen LogP contribution in [0.25, 0.3) is 27.8 Å². The molecule has 2 aromatic carbocycles. The maximum absolute atomic E-state index is 12.9. The summed E-state index contributed by atoms with van der Waals surface area (Å²) in [6.45, 7) is 1.95. The lowest BCUT2D eigenvalue weighted by molar-refractivity contribution is 0.668. The van der Waals surface area contributed by atoms with E-state index in [4.69, 9.17) is 21.8 Å². The molecule has 0 aliphatic heterocycles. The van der Waals surface area contributed by atoms with Crippen LogP contribution in [-0.4, -0.2) is 4.57 Å². The van der Waals surface area contributed by atoms with E-state index in [0.717, 1.165) is 16.6 Å². The van der Waals surface area contributed by atoms with Crippen molar-refractivity contribution in [1.29, 1.82) is 0 Å². The third-order valence-corrected chi connectivity index (χ3v) is 5.08. The molecule has 2 aromatic heterocycles. The largest absolute Gasteiger partial charge is 0.452 e. The molecule has 0 radical (unpaired) electrons. The lowest BCUT2D eigenvalue weighted by Crippen LogP contribution is -2.21. The Bertz CT molecular complexity index is 1180. The fraction of sp³-hybridized carbons (Fsp3) is 0.0556. The van der Waals surface area contributed by atoms with Gasteiger partial charge in [0.1, 0.15) is 15.6 Å². The topological polar surface area (TPSA) is 61.2 Å². The van der Waals surface area contributed by atoms with Gasteiger partial charge in [-0.15, -0.1) is 0 Å². The normalized spacial score (nSPS) is 11.5. The maximum Gasteiger partial charge on any atom is 0.272 e. The lowest BCUT2D eigenvalue weighted by atomic mass is 10.1. The van der Waals surface area contributed by atoms with Crippen LogP contribution in [0.1, 0.15) is 5.56 Å². The summed E-state index contributed by atoms with van der Waals surface area (Å²) in [5.74, 6) is 0. The van der Waals surface area contributed by atoms with Crippen LogP contribution >= 0.6 is 27.5 Å². The molecule has 0 bridgehead atoms. The minimum Gasteiger partial charge on any atom is -0.452 e. The summed E-state index contributed by atoms with van der Waals surface area (Å²) >= 11 is 9.45. The van der Waals surface area contributed by atoms with E-state index in [1.807, 2.05) is 31.2 Å². The highest BCUT2D eigenvalue weighted by Crippen LogP contribution is 2.36. The standard InChI is InChI=1S/C18H12BrClN2O2/c1-9-4-2-3-5-12(9)22-16-11-8-10(20)6-7-13(11)24-17(16)15(21)14(19)18(22)23/h2-8H,21H2,1H3. The van der Waals surface area contributed by atoms with E-state index >= 15 is 0 Å². The van der Waals surface area contributed by atoms with Gasteiger partial charge in [0.05, 0.1) is 11.4 Å². The molecule has 4 aromatic rings. The zero-order valence-corrected chi connectivity index (χ0v) is 15.0. The van der Waals surface area contributed by atoms with Crippen LogP contribution in [0.2, 0.25) is 5.02 Å². The van der Waals surface area contributed by atoms with Crippen molar-refractivity contribution in [3.63, 3.8) is 0 Å². The van der Waals surface area contributed by atoms with Crippen molar-refractivity contribution in [3.8, 4) is 5.69 Å². The van der Waals surface area contributed by atoms with Crippen LogP contribution in [0.15, 0.2) is 56.1 Å². The highest BCUT2D eigenvalue weighted by Gasteiger charge is 2.21. The molecule has 2 heterocycles. The number of furan rings is 1. The van der Waals surface area contributed by atoms with Crippen molar-refractivity contribution in [2.24, 2.45) is 0 Å². The number of nitrogen functional groups attached to an aromatic ring is 1. The van der Waals surface area contributed by atoms with Gasteiger partial charge < -0.3 is 10.2 Å². The molecule has 0 amide bonds. The van der Waals surface area contributed by atoms with Gasteiger partial charge in [-0.05, 0) is 52.7 Å².